The van der Waals surface area contributed by atoms with Crippen molar-refractivity contribution in [2.45, 2.75) is 19.8 Å². The van der Waals surface area contributed by atoms with E-state index in [9.17, 15) is 9.18 Å². The van der Waals surface area contributed by atoms with Crippen LogP contribution in [0, 0.1) is 12.7 Å². The molecule has 1 aromatic rings. The average Bonchev–Trinajstić information content (AvgIpc) is 2.16. The minimum absolute atomic E-state index is 0.0756. The van der Waals surface area contributed by atoms with Crippen molar-refractivity contribution in [3.8, 4) is 0 Å². The molecule has 0 aromatic heterocycles. The summed E-state index contributed by atoms with van der Waals surface area (Å²) in [7, 11) is 0. The molecule has 0 spiro atoms. The summed E-state index contributed by atoms with van der Waals surface area (Å²) in [5.41, 5.74) is 0.695. The van der Waals surface area contributed by atoms with E-state index in [-0.39, 0.29) is 17.7 Å². The summed E-state index contributed by atoms with van der Waals surface area (Å²) in [6, 6.07) is 2.47. The lowest BCUT2D eigenvalue weighted by Crippen LogP contribution is -2.07. The summed E-state index contributed by atoms with van der Waals surface area (Å²) in [4.78, 5) is 10.8. The highest BCUT2D eigenvalue weighted by atomic mass is 19.1. The van der Waals surface area contributed by atoms with Gasteiger partial charge in [0.1, 0.15) is 5.82 Å². The Kier molecular flexibility index (Phi) is 3.42. The molecule has 0 amide bonds. The summed E-state index contributed by atoms with van der Waals surface area (Å²) in [5, 5.41) is 17.7. The van der Waals surface area contributed by atoms with Gasteiger partial charge in [-0.05, 0) is 30.2 Å². The Balaban J connectivity index is 3.29. The lowest BCUT2D eigenvalue weighted by atomic mass is 9.96. The molecule has 0 bridgehead atoms. The summed E-state index contributed by atoms with van der Waals surface area (Å²) in [5.74, 6) is -1.96. The standard InChI is InChI=1S/C11H13FO3/c1-6-3-10(12)8(7(2)5-13)4-9(6)11(14)15/h3-4,7,13H,5H2,1-2H3,(H,14,15). The molecule has 1 aromatic carbocycles. The number of aliphatic hydroxyl groups excluding tert-OH is 1. The van der Waals surface area contributed by atoms with Crippen molar-refractivity contribution in [3.63, 3.8) is 0 Å². The lowest BCUT2D eigenvalue weighted by Gasteiger charge is -2.12. The molecule has 1 atom stereocenters. The van der Waals surface area contributed by atoms with Crippen LogP contribution >= 0.6 is 0 Å². The fourth-order valence-electron chi connectivity index (χ4n) is 1.40. The summed E-state index contributed by atoms with van der Waals surface area (Å²) in [6.07, 6.45) is 0. The first kappa shape index (κ1) is 11.7. The van der Waals surface area contributed by atoms with Gasteiger partial charge < -0.3 is 10.2 Å². The number of aryl methyl sites for hydroxylation is 1. The first-order valence-electron chi connectivity index (χ1n) is 4.61. The second-order valence-electron chi connectivity index (χ2n) is 3.58. The predicted molar refractivity (Wildman–Crippen MR) is 53.6 cm³/mol. The third-order valence-electron chi connectivity index (χ3n) is 2.38. The van der Waals surface area contributed by atoms with Gasteiger partial charge in [-0.2, -0.15) is 0 Å². The number of carboxylic acid groups (broad SMARTS) is 1. The molecule has 0 saturated carbocycles. The molecule has 0 radical (unpaired) electrons. The molecule has 0 aliphatic heterocycles. The predicted octanol–water partition coefficient (Wildman–Crippen LogP) is 1.93. The Bertz CT molecular complexity index is 388. The Labute approximate surface area is 87.2 Å². The van der Waals surface area contributed by atoms with Gasteiger partial charge in [0.2, 0.25) is 0 Å². The second-order valence-corrected chi connectivity index (χ2v) is 3.58. The summed E-state index contributed by atoms with van der Waals surface area (Å²) < 4.78 is 13.4. The van der Waals surface area contributed by atoms with Crippen LogP contribution in [0.5, 0.6) is 0 Å². The van der Waals surface area contributed by atoms with Crippen molar-refractivity contribution in [2.24, 2.45) is 0 Å². The molecule has 0 saturated heterocycles. The van der Waals surface area contributed by atoms with E-state index in [4.69, 9.17) is 10.2 Å². The molecule has 0 aliphatic rings. The molecular weight excluding hydrogens is 199 g/mol. The maximum atomic E-state index is 13.4. The number of aromatic carboxylic acids is 1. The van der Waals surface area contributed by atoms with Crippen LogP contribution in [0.4, 0.5) is 4.39 Å². The van der Waals surface area contributed by atoms with Crippen LogP contribution in [0.3, 0.4) is 0 Å². The largest absolute Gasteiger partial charge is 0.478 e. The second kappa shape index (κ2) is 4.40. The molecule has 3 nitrogen and oxygen atoms in total. The topological polar surface area (TPSA) is 57.5 Å². The van der Waals surface area contributed by atoms with Crippen molar-refractivity contribution in [2.75, 3.05) is 6.61 Å². The highest BCUT2D eigenvalue weighted by molar-refractivity contribution is 5.89. The zero-order valence-corrected chi connectivity index (χ0v) is 8.62. The summed E-state index contributed by atoms with van der Waals surface area (Å²) >= 11 is 0. The number of carboxylic acids is 1. The zero-order chi connectivity index (χ0) is 11.6. The number of halogens is 1. The van der Waals surface area contributed by atoms with Crippen LogP contribution in [0.15, 0.2) is 12.1 Å². The van der Waals surface area contributed by atoms with E-state index in [1.807, 2.05) is 0 Å². The molecule has 82 valence electrons. The molecule has 1 rings (SSSR count). The minimum Gasteiger partial charge on any atom is -0.478 e. The van der Waals surface area contributed by atoms with Crippen molar-refractivity contribution in [1.82, 2.24) is 0 Å². The van der Waals surface area contributed by atoms with Gasteiger partial charge in [-0.1, -0.05) is 6.92 Å². The maximum absolute atomic E-state index is 13.4. The average molecular weight is 212 g/mol. The molecule has 0 aliphatic carbocycles. The fourth-order valence-corrected chi connectivity index (χ4v) is 1.40. The molecule has 4 heteroatoms. The van der Waals surface area contributed by atoms with Gasteiger partial charge in [0.25, 0.3) is 0 Å². The van der Waals surface area contributed by atoms with E-state index < -0.39 is 17.7 Å². The van der Waals surface area contributed by atoms with Crippen molar-refractivity contribution < 1.29 is 19.4 Å². The Hall–Kier alpha value is -1.42. The van der Waals surface area contributed by atoms with Crippen LogP contribution in [-0.4, -0.2) is 22.8 Å². The van der Waals surface area contributed by atoms with Gasteiger partial charge >= 0.3 is 5.97 Å². The smallest absolute Gasteiger partial charge is 0.335 e. The van der Waals surface area contributed by atoms with Crippen molar-refractivity contribution >= 4 is 5.97 Å². The number of hydrogen-bond acceptors (Lipinski definition) is 2. The van der Waals surface area contributed by atoms with Gasteiger partial charge in [0, 0.05) is 12.5 Å². The molecule has 15 heavy (non-hydrogen) atoms. The van der Waals surface area contributed by atoms with Crippen LogP contribution in [0.1, 0.15) is 34.3 Å². The van der Waals surface area contributed by atoms with E-state index in [1.165, 1.54) is 12.1 Å². The molecule has 0 fully saturated rings. The summed E-state index contributed by atoms with van der Waals surface area (Å²) in [6.45, 7) is 2.97. The van der Waals surface area contributed by atoms with Crippen LogP contribution in [0.2, 0.25) is 0 Å². The van der Waals surface area contributed by atoms with Crippen LogP contribution < -0.4 is 0 Å². The lowest BCUT2D eigenvalue weighted by molar-refractivity contribution is 0.0696. The maximum Gasteiger partial charge on any atom is 0.335 e. The SMILES string of the molecule is Cc1cc(F)c(C(C)CO)cc1C(=O)O. The highest BCUT2D eigenvalue weighted by Crippen LogP contribution is 2.22. The molecule has 2 N–H and O–H groups in total. The van der Waals surface area contributed by atoms with Gasteiger partial charge in [0.15, 0.2) is 0 Å². The van der Waals surface area contributed by atoms with E-state index >= 15 is 0 Å². The van der Waals surface area contributed by atoms with Crippen molar-refractivity contribution in [3.05, 3.63) is 34.6 Å². The van der Waals surface area contributed by atoms with Crippen LogP contribution in [0.25, 0.3) is 0 Å². The third-order valence-corrected chi connectivity index (χ3v) is 2.38. The van der Waals surface area contributed by atoms with E-state index in [2.05, 4.69) is 0 Å². The zero-order valence-electron chi connectivity index (χ0n) is 8.62. The monoisotopic (exact) mass is 212 g/mol. The minimum atomic E-state index is -1.08. The number of carbonyl (C=O) groups is 1. The normalized spacial score (nSPS) is 12.5. The number of hydrogen-bond donors (Lipinski definition) is 2. The quantitative estimate of drug-likeness (QED) is 0.804. The van der Waals surface area contributed by atoms with Crippen LogP contribution in [-0.2, 0) is 0 Å². The highest BCUT2D eigenvalue weighted by Gasteiger charge is 2.15. The van der Waals surface area contributed by atoms with E-state index in [0.29, 0.717) is 5.56 Å². The van der Waals surface area contributed by atoms with Gasteiger partial charge in [-0.25, -0.2) is 9.18 Å². The third kappa shape index (κ3) is 2.33. The molecule has 0 heterocycles. The molecule has 1 unspecified atom stereocenters. The van der Waals surface area contributed by atoms with Crippen molar-refractivity contribution in [1.29, 1.82) is 0 Å². The Morgan fingerprint density at radius 2 is 2.13 bits per heavy atom. The first-order chi connectivity index (χ1) is 6.97. The van der Waals surface area contributed by atoms with E-state index in [0.717, 1.165) is 0 Å². The fraction of sp³-hybridized carbons (Fsp3) is 0.364. The first-order valence-corrected chi connectivity index (χ1v) is 4.61. The van der Waals surface area contributed by atoms with Gasteiger partial charge in [-0.3, -0.25) is 0 Å². The Morgan fingerprint density at radius 1 is 1.53 bits per heavy atom. The van der Waals surface area contributed by atoms with Gasteiger partial charge in [-0.15, -0.1) is 0 Å². The Morgan fingerprint density at radius 3 is 2.60 bits per heavy atom. The van der Waals surface area contributed by atoms with Gasteiger partial charge in [0.05, 0.1) is 5.56 Å². The molecular formula is C11H13FO3. The number of rotatable bonds is 3. The number of aliphatic hydroxyl groups is 1. The van der Waals surface area contributed by atoms with E-state index in [1.54, 1.807) is 13.8 Å². The number of benzene rings is 1.